The van der Waals surface area contributed by atoms with E-state index in [1.54, 1.807) is 27.3 Å². The molecule has 1 atom stereocenters. The number of ether oxygens (including phenoxy) is 1. The van der Waals surface area contributed by atoms with Gasteiger partial charge in [-0.05, 0) is 60.4 Å². The second-order valence-corrected chi connectivity index (χ2v) is 10.4. The number of carbonyl (C=O) groups is 2. The zero-order valence-electron chi connectivity index (χ0n) is 23.5. The predicted molar refractivity (Wildman–Crippen MR) is 158 cm³/mol. The molecule has 1 heterocycles. The average Bonchev–Trinajstić information content (AvgIpc) is 3.31. The minimum Gasteiger partial charge on any atom is -0.481 e. The molecule has 1 aliphatic carbocycles. The Labute approximate surface area is 236 Å². The number of pyridine rings is 1. The number of benzene rings is 2. The molecule has 0 saturated heterocycles. The van der Waals surface area contributed by atoms with E-state index in [4.69, 9.17) is 21.3 Å². The van der Waals surface area contributed by atoms with Crippen LogP contribution in [0.2, 0.25) is 5.02 Å². The van der Waals surface area contributed by atoms with Crippen LogP contribution in [0.5, 0.6) is 5.88 Å². The van der Waals surface area contributed by atoms with Crippen LogP contribution in [-0.2, 0) is 22.4 Å². The van der Waals surface area contributed by atoms with Gasteiger partial charge in [0.25, 0.3) is 11.8 Å². The number of anilines is 1. The monoisotopic (exact) mass is 545 g/mol. The standard InChI is InChI=1S/C32H36ClN3O3/c1-7-11-25(32(38)36(4)5)30(37)34-26-15-10-12-22(21(26)8-2)23-13-9-14-24(29(23)33)27-18-20-17-16-19(3)28(20)31(35-27)39-6/h9-15,18-19H,7-8,16-17H2,1-6H3,(H,34,37)/b25-11-. The van der Waals surface area contributed by atoms with Crippen LogP contribution >= 0.6 is 11.6 Å². The number of likely N-dealkylation sites (N-methyl/N-ethyl adjacent to an activating group) is 1. The number of methoxy groups -OCH3 is 1. The number of aromatic nitrogens is 1. The number of nitrogens with one attached hydrogen (secondary N) is 1. The molecule has 0 saturated carbocycles. The molecule has 39 heavy (non-hydrogen) atoms. The van der Waals surface area contributed by atoms with Gasteiger partial charge in [0, 0.05) is 36.5 Å². The van der Waals surface area contributed by atoms with E-state index in [9.17, 15) is 9.59 Å². The van der Waals surface area contributed by atoms with Gasteiger partial charge >= 0.3 is 0 Å². The van der Waals surface area contributed by atoms with Crippen molar-refractivity contribution in [3.8, 4) is 28.3 Å². The number of hydrogen-bond donors (Lipinski definition) is 1. The highest BCUT2D eigenvalue weighted by Gasteiger charge is 2.26. The molecule has 0 fully saturated rings. The Bertz CT molecular complexity index is 1440. The first-order valence-corrected chi connectivity index (χ1v) is 13.8. The van der Waals surface area contributed by atoms with Crippen LogP contribution in [0.25, 0.3) is 22.4 Å². The summed E-state index contributed by atoms with van der Waals surface area (Å²) in [5.41, 5.74) is 7.55. The number of carbonyl (C=O) groups excluding carboxylic acids is 2. The van der Waals surface area contributed by atoms with Crippen molar-refractivity contribution >= 4 is 29.1 Å². The quantitative estimate of drug-likeness (QED) is 0.187. The Hall–Kier alpha value is -3.64. The fourth-order valence-corrected chi connectivity index (χ4v) is 5.64. The van der Waals surface area contributed by atoms with Crippen molar-refractivity contribution in [1.29, 1.82) is 0 Å². The molecule has 1 aliphatic rings. The fraction of sp³-hybridized carbons (Fsp3) is 0.344. The number of nitrogens with zero attached hydrogens (tertiary/aromatic N) is 2. The normalized spacial score (nSPS) is 14.6. The molecule has 3 aromatic rings. The summed E-state index contributed by atoms with van der Waals surface area (Å²) in [7, 11) is 4.94. The Morgan fingerprint density at radius 3 is 2.49 bits per heavy atom. The van der Waals surface area contributed by atoms with E-state index in [0.717, 1.165) is 40.8 Å². The highest BCUT2D eigenvalue weighted by molar-refractivity contribution is 6.36. The van der Waals surface area contributed by atoms with E-state index >= 15 is 0 Å². The van der Waals surface area contributed by atoms with Crippen molar-refractivity contribution in [3.63, 3.8) is 0 Å². The summed E-state index contributed by atoms with van der Waals surface area (Å²) in [5.74, 6) is 0.331. The third-order valence-corrected chi connectivity index (χ3v) is 7.68. The smallest absolute Gasteiger partial charge is 0.260 e. The van der Waals surface area contributed by atoms with E-state index in [1.165, 1.54) is 16.0 Å². The molecule has 0 aliphatic heterocycles. The number of rotatable bonds is 8. The van der Waals surface area contributed by atoms with Crippen LogP contribution in [0.1, 0.15) is 56.2 Å². The van der Waals surface area contributed by atoms with E-state index in [0.29, 0.717) is 35.3 Å². The second-order valence-electron chi connectivity index (χ2n) is 10.1. The zero-order chi connectivity index (χ0) is 28.3. The maximum absolute atomic E-state index is 13.2. The lowest BCUT2D eigenvalue weighted by atomic mass is 9.94. The highest BCUT2D eigenvalue weighted by atomic mass is 35.5. The van der Waals surface area contributed by atoms with Crippen molar-refractivity contribution in [1.82, 2.24) is 9.88 Å². The predicted octanol–water partition coefficient (Wildman–Crippen LogP) is 7.05. The second kappa shape index (κ2) is 12.0. The highest BCUT2D eigenvalue weighted by Crippen LogP contribution is 2.43. The number of halogens is 1. The molecule has 2 amide bonds. The first-order valence-electron chi connectivity index (χ1n) is 13.4. The Kier molecular flexibility index (Phi) is 8.76. The average molecular weight is 546 g/mol. The SMILES string of the molecule is CC/C=C(/C(=O)Nc1cccc(-c2cccc(-c3cc4c(c(OC)n3)C(C)CC4)c2Cl)c1CC)C(=O)N(C)C. The summed E-state index contributed by atoms with van der Waals surface area (Å²) >= 11 is 7.08. The number of aryl methyl sites for hydroxylation is 1. The molecule has 1 N–H and O–H groups in total. The van der Waals surface area contributed by atoms with Crippen LogP contribution in [0, 0.1) is 0 Å². The van der Waals surface area contributed by atoms with Gasteiger partial charge < -0.3 is 15.0 Å². The Morgan fingerprint density at radius 2 is 1.82 bits per heavy atom. The summed E-state index contributed by atoms with van der Waals surface area (Å²) in [6.07, 6.45) is 4.96. The van der Waals surface area contributed by atoms with Gasteiger partial charge in [-0.3, -0.25) is 9.59 Å². The molecule has 0 radical (unpaired) electrons. The van der Waals surface area contributed by atoms with Gasteiger partial charge in [0.2, 0.25) is 5.88 Å². The summed E-state index contributed by atoms with van der Waals surface area (Å²) < 4.78 is 5.68. The third-order valence-electron chi connectivity index (χ3n) is 7.27. The lowest BCUT2D eigenvalue weighted by Gasteiger charge is -2.19. The van der Waals surface area contributed by atoms with Crippen LogP contribution < -0.4 is 10.1 Å². The molecule has 6 nitrogen and oxygen atoms in total. The van der Waals surface area contributed by atoms with Crippen molar-refractivity contribution in [3.05, 3.63) is 75.8 Å². The topological polar surface area (TPSA) is 71.5 Å². The van der Waals surface area contributed by atoms with Crippen molar-refractivity contribution in [2.24, 2.45) is 0 Å². The van der Waals surface area contributed by atoms with Crippen LogP contribution in [0.15, 0.2) is 54.1 Å². The van der Waals surface area contributed by atoms with E-state index in [1.807, 2.05) is 50.2 Å². The first-order chi connectivity index (χ1) is 18.7. The molecule has 0 bridgehead atoms. The van der Waals surface area contributed by atoms with Gasteiger partial charge in [-0.2, -0.15) is 0 Å². The summed E-state index contributed by atoms with van der Waals surface area (Å²) in [5, 5.41) is 3.57. The molecule has 1 aromatic heterocycles. The minimum atomic E-state index is -0.425. The number of hydrogen-bond acceptors (Lipinski definition) is 4. The number of allylic oxidation sites excluding steroid dienone is 1. The van der Waals surface area contributed by atoms with E-state index in [2.05, 4.69) is 18.3 Å². The Balaban J connectivity index is 1.76. The molecular weight excluding hydrogens is 510 g/mol. The summed E-state index contributed by atoms with van der Waals surface area (Å²) in [6.45, 7) is 6.14. The maximum Gasteiger partial charge on any atom is 0.260 e. The van der Waals surface area contributed by atoms with Gasteiger partial charge in [-0.15, -0.1) is 0 Å². The lowest BCUT2D eigenvalue weighted by Crippen LogP contribution is -2.30. The largest absolute Gasteiger partial charge is 0.481 e. The lowest BCUT2D eigenvalue weighted by molar-refractivity contribution is -0.127. The molecule has 1 unspecified atom stereocenters. The summed E-state index contributed by atoms with van der Waals surface area (Å²) in [6, 6.07) is 13.8. The van der Waals surface area contributed by atoms with Crippen molar-refractivity contribution in [2.45, 2.75) is 52.4 Å². The van der Waals surface area contributed by atoms with Crippen molar-refractivity contribution in [2.75, 3.05) is 26.5 Å². The molecule has 4 rings (SSSR count). The molecule has 7 heteroatoms. The number of amides is 2. The van der Waals surface area contributed by atoms with Crippen LogP contribution in [-0.4, -0.2) is 42.9 Å². The van der Waals surface area contributed by atoms with Gasteiger partial charge in [0.1, 0.15) is 5.57 Å². The van der Waals surface area contributed by atoms with Gasteiger partial charge in [0.05, 0.1) is 17.8 Å². The van der Waals surface area contributed by atoms with Gasteiger partial charge in [-0.25, -0.2) is 4.98 Å². The zero-order valence-corrected chi connectivity index (χ0v) is 24.3. The van der Waals surface area contributed by atoms with Crippen LogP contribution in [0.4, 0.5) is 5.69 Å². The van der Waals surface area contributed by atoms with E-state index < -0.39 is 5.91 Å². The molecule has 204 valence electrons. The fourth-order valence-electron chi connectivity index (χ4n) is 5.31. The molecular formula is C32H36ClN3O3. The summed E-state index contributed by atoms with van der Waals surface area (Å²) in [4.78, 5) is 32.0. The Morgan fingerprint density at radius 1 is 1.13 bits per heavy atom. The van der Waals surface area contributed by atoms with Crippen molar-refractivity contribution < 1.29 is 14.3 Å². The minimum absolute atomic E-state index is 0.126. The first kappa shape index (κ1) is 28.4. The third kappa shape index (κ3) is 5.57. The maximum atomic E-state index is 13.2. The molecule has 2 aromatic carbocycles. The molecule has 0 spiro atoms. The van der Waals surface area contributed by atoms with Gasteiger partial charge in [0.15, 0.2) is 0 Å². The van der Waals surface area contributed by atoms with Gasteiger partial charge in [-0.1, -0.05) is 68.8 Å². The number of fused-ring (bicyclic) bond motifs is 1. The van der Waals surface area contributed by atoms with Crippen LogP contribution in [0.3, 0.4) is 0 Å². The van der Waals surface area contributed by atoms with E-state index in [-0.39, 0.29) is 11.5 Å².